The zero-order valence-electron chi connectivity index (χ0n) is 24.0. The highest BCUT2D eigenvalue weighted by Gasteiger charge is 2.27. The molecule has 0 spiro atoms. The van der Waals surface area contributed by atoms with Gasteiger partial charge in [0.05, 0.1) is 11.1 Å². The van der Waals surface area contributed by atoms with Crippen LogP contribution in [0.25, 0.3) is 33.6 Å². The Morgan fingerprint density at radius 3 is 2.15 bits per heavy atom. The molecule has 0 saturated carbocycles. The molecule has 0 fully saturated rings. The fourth-order valence-corrected chi connectivity index (χ4v) is 4.47. The first-order valence-electron chi connectivity index (χ1n) is 13.7. The van der Waals surface area contributed by atoms with Gasteiger partial charge in [-0.2, -0.15) is 0 Å². The smallest absolute Gasteiger partial charge is 0.274 e. The number of aromatic nitrogens is 1. The van der Waals surface area contributed by atoms with Gasteiger partial charge in [-0.15, -0.1) is 0 Å². The Kier molecular flexibility index (Phi) is 10.9. The van der Waals surface area contributed by atoms with Gasteiger partial charge in [-0.3, -0.25) is 9.69 Å². The summed E-state index contributed by atoms with van der Waals surface area (Å²) in [6.45, 7) is 13.9. The summed E-state index contributed by atoms with van der Waals surface area (Å²) >= 11 is 0. The number of nitrogens with zero attached hydrogens (tertiary/aromatic N) is 2. The van der Waals surface area contributed by atoms with Gasteiger partial charge in [0, 0.05) is 24.7 Å². The van der Waals surface area contributed by atoms with Crippen molar-refractivity contribution in [3.05, 3.63) is 77.5 Å². The summed E-state index contributed by atoms with van der Waals surface area (Å²) in [5, 5.41) is 28.4. The number of rotatable bonds is 9. The van der Waals surface area contributed by atoms with Gasteiger partial charge in [-0.25, -0.2) is 0 Å². The fourth-order valence-electron chi connectivity index (χ4n) is 4.47. The van der Waals surface area contributed by atoms with E-state index in [4.69, 9.17) is 10.3 Å². The number of nitrogens with one attached hydrogen (secondary N) is 1. The van der Waals surface area contributed by atoms with Gasteiger partial charge in [0.15, 0.2) is 11.5 Å². The predicted molar refractivity (Wildman–Crippen MR) is 160 cm³/mol. The minimum Gasteiger partial charge on any atom is -0.507 e. The lowest BCUT2D eigenvalue weighted by Crippen LogP contribution is -2.23. The minimum atomic E-state index is -0.364. The van der Waals surface area contributed by atoms with Crippen molar-refractivity contribution in [2.45, 2.75) is 41.2 Å². The number of carbonyl (C=O) groups is 1. The van der Waals surface area contributed by atoms with Crippen molar-refractivity contribution >= 4 is 5.91 Å². The Labute approximate surface area is 236 Å². The molecule has 212 valence electrons. The number of amides is 1. The van der Waals surface area contributed by atoms with E-state index >= 15 is 0 Å². The lowest BCUT2D eigenvalue weighted by molar-refractivity contribution is 0.0947. The first kappa shape index (κ1) is 30.4. The van der Waals surface area contributed by atoms with Gasteiger partial charge in [0.2, 0.25) is 0 Å². The lowest BCUT2D eigenvalue weighted by atomic mass is 9.93. The van der Waals surface area contributed by atoms with Crippen molar-refractivity contribution in [2.24, 2.45) is 5.73 Å². The van der Waals surface area contributed by atoms with Gasteiger partial charge in [-0.1, -0.05) is 74.5 Å². The number of aryl methyl sites for hydroxylation is 1. The molecule has 1 aromatic heterocycles. The molecule has 5 N–H and O–H groups in total. The maximum Gasteiger partial charge on any atom is 0.274 e. The molecule has 8 heteroatoms. The molecule has 0 aliphatic rings. The Hall–Kier alpha value is -4.14. The largest absolute Gasteiger partial charge is 0.507 e. The second kappa shape index (κ2) is 14.3. The molecular formula is C32H40N4O4. The number of hydrogen-bond acceptors (Lipinski definition) is 7. The maximum absolute atomic E-state index is 12.9. The zero-order valence-corrected chi connectivity index (χ0v) is 24.0. The zero-order chi connectivity index (χ0) is 29.2. The Morgan fingerprint density at radius 1 is 0.925 bits per heavy atom. The van der Waals surface area contributed by atoms with Crippen LogP contribution >= 0.6 is 0 Å². The van der Waals surface area contributed by atoms with Crippen molar-refractivity contribution in [1.82, 2.24) is 15.4 Å². The van der Waals surface area contributed by atoms with Gasteiger partial charge < -0.3 is 25.8 Å². The second-order valence-electron chi connectivity index (χ2n) is 9.36. The third-order valence-corrected chi connectivity index (χ3v) is 6.58. The monoisotopic (exact) mass is 544 g/mol. The molecule has 1 amide bonds. The normalized spacial score (nSPS) is 10.8. The van der Waals surface area contributed by atoms with Crippen LogP contribution < -0.4 is 11.1 Å². The summed E-state index contributed by atoms with van der Waals surface area (Å²) < 4.78 is 5.71. The van der Waals surface area contributed by atoms with Gasteiger partial charge in [0.1, 0.15) is 11.5 Å². The Bertz CT molecular complexity index is 1410. The molecule has 0 saturated heterocycles. The quantitative estimate of drug-likeness (QED) is 0.205. The van der Waals surface area contributed by atoms with Crippen LogP contribution in [0.3, 0.4) is 0 Å². The van der Waals surface area contributed by atoms with Crippen molar-refractivity contribution in [3.63, 3.8) is 0 Å². The standard InChI is InChI=1S/C30H33N3O4.C2H7N/c1-5-31-30(36)28-27(21-14-12-20(13-15-21)18-33(6-2)7-3)29(37-32-28)24-16-23(25(34)17-26(24)35)22-11-9-8-10-19(22)4;1-2-3/h8-17,34-35H,5-7,18H2,1-4H3,(H,31,36);2-3H2,1H3. The van der Waals surface area contributed by atoms with Crippen LogP contribution in [0.4, 0.5) is 0 Å². The van der Waals surface area contributed by atoms with E-state index in [-0.39, 0.29) is 28.9 Å². The number of benzene rings is 3. The van der Waals surface area contributed by atoms with E-state index < -0.39 is 0 Å². The second-order valence-corrected chi connectivity index (χ2v) is 9.36. The molecule has 0 unspecified atom stereocenters. The van der Waals surface area contributed by atoms with Crippen molar-refractivity contribution in [2.75, 3.05) is 26.2 Å². The summed E-state index contributed by atoms with van der Waals surface area (Å²) in [4.78, 5) is 15.2. The molecule has 4 rings (SSSR count). The van der Waals surface area contributed by atoms with Crippen molar-refractivity contribution in [1.29, 1.82) is 0 Å². The molecular weight excluding hydrogens is 504 g/mol. The summed E-state index contributed by atoms with van der Waals surface area (Å²) in [6.07, 6.45) is 0. The first-order valence-corrected chi connectivity index (χ1v) is 13.7. The summed E-state index contributed by atoms with van der Waals surface area (Å²) in [5.41, 5.74) is 10.0. The third kappa shape index (κ3) is 6.89. The van der Waals surface area contributed by atoms with Crippen LogP contribution in [0, 0.1) is 6.92 Å². The third-order valence-electron chi connectivity index (χ3n) is 6.58. The van der Waals surface area contributed by atoms with Crippen molar-refractivity contribution in [3.8, 4) is 45.1 Å². The van der Waals surface area contributed by atoms with E-state index in [0.29, 0.717) is 23.2 Å². The molecule has 40 heavy (non-hydrogen) atoms. The molecule has 0 aliphatic heterocycles. The molecule has 1 heterocycles. The highest BCUT2D eigenvalue weighted by atomic mass is 16.5. The minimum absolute atomic E-state index is 0.0543. The Balaban J connectivity index is 0.00000141. The molecule has 0 aliphatic carbocycles. The predicted octanol–water partition coefficient (Wildman–Crippen LogP) is 5.95. The van der Waals surface area contributed by atoms with E-state index in [1.54, 1.807) is 6.07 Å². The average Bonchev–Trinajstić information content (AvgIpc) is 3.38. The van der Waals surface area contributed by atoms with E-state index in [1.165, 1.54) is 6.07 Å². The summed E-state index contributed by atoms with van der Waals surface area (Å²) in [5.74, 6) is -0.337. The molecule has 0 atom stereocenters. The van der Waals surface area contributed by atoms with Crippen LogP contribution in [0.15, 0.2) is 65.2 Å². The maximum atomic E-state index is 12.9. The molecule has 3 aromatic carbocycles. The lowest BCUT2D eigenvalue weighted by Gasteiger charge is -2.18. The van der Waals surface area contributed by atoms with Crippen molar-refractivity contribution < 1.29 is 19.5 Å². The topological polar surface area (TPSA) is 125 Å². The number of aromatic hydroxyl groups is 2. The van der Waals surface area contributed by atoms with Crippen LogP contribution in [0.1, 0.15) is 49.3 Å². The summed E-state index contributed by atoms with van der Waals surface area (Å²) in [7, 11) is 0. The first-order chi connectivity index (χ1) is 19.3. The molecule has 4 aromatic rings. The highest BCUT2D eigenvalue weighted by Crippen LogP contribution is 2.44. The number of phenolic OH excluding ortho intramolecular Hbond substituents is 2. The number of phenols is 2. The van der Waals surface area contributed by atoms with E-state index in [0.717, 1.165) is 48.4 Å². The Morgan fingerprint density at radius 2 is 1.55 bits per heavy atom. The number of hydrogen-bond donors (Lipinski definition) is 4. The molecule has 0 bridgehead atoms. The van der Waals surface area contributed by atoms with Crippen LogP contribution in [-0.4, -0.2) is 52.4 Å². The van der Waals surface area contributed by atoms with E-state index in [9.17, 15) is 15.0 Å². The van der Waals surface area contributed by atoms with E-state index in [2.05, 4.69) is 29.2 Å². The van der Waals surface area contributed by atoms with Gasteiger partial charge >= 0.3 is 0 Å². The van der Waals surface area contributed by atoms with Crippen LogP contribution in [-0.2, 0) is 6.54 Å². The van der Waals surface area contributed by atoms with E-state index in [1.807, 2.05) is 69.3 Å². The van der Waals surface area contributed by atoms with Gasteiger partial charge in [-0.05, 0) is 61.8 Å². The molecule has 8 nitrogen and oxygen atoms in total. The summed E-state index contributed by atoms with van der Waals surface area (Å²) in [6, 6.07) is 18.6. The average molecular weight is 545 g/mol. The number of carbonyl (C=O) groups excluding carboxylic acids is 1. The van der Waals surface area contributed by atoms with Gasteiger partial charge in [0.25, 0.3) is 5.91 Å². The SMILES string of the molecule is CCN.CCNC(=O)c1noc(-c2cc(-c3ccccc3C)c(O)cc2O)c1-c1ccc(CN(CC)CC)cc1. The van der Waals surface area contributed by atoms with Crippen LogP contribution in [0.5, 0.6) is 11.5 Å². The highest BCUT2D eigenvalue weighted by molar-refractivity contribution is 6.03. The fraction of sp³-hybridized carbons (Fsp3) is 0.312. The van der Waals surface area contributed by atoms with Crippen LogP contribution in [0.2, 0.25) is 0 Å². The molecule has 0 radical (unpaired) electrons. The number of nitrogens with two attached hydrogens (primary N) is 1.